The first-order valence-corrected chi connectivity index (χ1v) is 19.9. The van der Waals surface area contributed by atoms with E-state index in [9.17, 15) is 0 Å². The Bertz CT molecular complexity index is 2400. The molecule has 3 aliphatic heterocycles. The average Bonchev–Trinajstić information content (AvgIpc) is 3.76. The molecule has 0 amide bonds. The molecule has 0 aliphatic carbocycles. The minimum atomic E-state index is -1.84. The van der Waals surface area contributed by atoms with Crippen molar-refractivity contribution in [3.63, 3.8) is 0 Å². The lowest BCUT2D eigenvalue weighted by molar-refractivity contribution is 0.712. The number of rotatable bonds is 1. The molecule has 3 aliphatic rings. The van der Waals surface area contributed by atoms with Gasteiger partial charge >= 0.3 is 0 Å². The van der Waals surface area contributed by atoms with Gasteiger partial charge in [-0.25, -0.2) is 4.98 Å². The van der Waals surface area contributed by atoms with E-state index < -0.39 is 8.07 Å². The standard InChI is InChI=1S/C36H29N5S2Si/c1-18-37-19(2)39-36(38-18)41-27-16-29-24(32-33(42-29)20-10-6-8-12-26(20)40(32)3)14-22(27)23-15-25-30(17-28(23)41)43-34-21-11-7-9-13-31(21)44(4,5)35(25)34/h6-17,32-33H,1-5H3. The van der Waals surface area contributed by atoms with Crippen LogP contribution in [0, 0.1) is 13.8 Å². The maximum atomic E-state index is 4.89. The molecule has 2 atom stereocenters. The zero-order valence-corrected chi connectivity index (χ0v) is 27.8. The zero-order chi connectivity index (χ0) is 29.6. The summed E-state index contributed by atoms with van der Waals surface area (Å²) < 4.78 is 3.64. The van der Waals surface area contributed by atoms with Crippen LogP contribution >= 0.6 is 23.1 Å². The summed E-state index contributed by atoms with van der Waals surface area (Å²) in [5.41, 5.74) is 7.98. The molecule has 0 fully saturated rings. The molecule has 6 heterocycles. The monoisotopic (exact) mass is 623 g/mol. The molecular weight excluding hydrogens is 595 g/mol. The number of fused-ring (bicyclic) bond motifs is 13. The fraction of sp³-hybridized carbons (Fsp3) is 0.194. The Labute approximate surface area is 264 Å². The summed E-state index contributed by atoms with van der Waals surface area (Å²) >= 11 is 3.95. The third-order valence-electron chi connectivity index (χ3n) is 10.1. The van der Waals surface area contributed by atoms with Gasteiger partial charge in [-0.15, -0.1) is 23.1 Å². The topological polar surface area (TPSA) is 46.8 Å². The molecule has 0 bridgehead atoms. The fourth-order valence-corrected chi connectivity index (χ4v) is 15.3. The highest BCUT2D eigenvalue weighted by Crippen LogP contribution is 2.62. The van der Waals surface area contributed by atoms with Crippen LogP contribution in [-0.2, 0) is 0 Å². The molecule has 0 N–H and O–H groups in total. The fourth-order valence-electron chi connectivity index (χ4n) is 8.28. The van der Waals surface area contributed by atoms with Gasteiger partial charge in [-0.05, 0) is 76.6 Å². The summed E-state index contributed by atoms with van der Waals surface area (Å²) in [6.07, 6.45) is 0. The molecule has 44 heavy (non-hydrogen) atoms. The van der Waals surface area contributed by atoms with Gasteiger partial charge in [0.15, 0.2) is 0 Å². The van der Waals surface area contributed by atoms with Crippen molar-refractivity contribution in [2.45, 2.75) is 43.1 Å². The summed E-state index contributed by atoms with van der Waals surface area (Å²) in [7, 11) is 0.416. The van der Waals surface area contributed by atoms with Gasteiger partial charge in [0.25, 0.3) is 0 Å². The highest BCUT2D eigenvalue weighted by Gasteiger charge is 2.45. The number of nitrogens with zero attached hydrogens (tertiary/aromatic N) is 5. The van der Waals surface area contributed by atoms with Gasteiger partial charge in [0, 0.05) is 38.0 Å². The molecule has 8 heteroatoms. The second kappa shape index (κ2) is 8.38. The molecule has 2 unspecified atom stereocenters. The SMILES string of the molecule is Cc1nc(C)nc(-n2c3cc4c(cc3c3cc5c6c(sc5cc32)-c2ccccc2[Si]6(C)C)C2C(S4)c3ccccc3N2C)n1. The summed E-state index contributed by atoms with van der Waals surface area (Å²) in [5, 5.41) is 7.53. The Morgan fingerprint density at radius 3 is 2.34 bits per heavy atom. The number of hydrogen-bond donors (Lipinski definition) is 0. The largest absolute Gasteiger partial charge is 0.366 e. The summed E-state index contributed by atoms with van der Waals surface area (Å²) in [5.74, 6) is 2.18. The molecule has 214 valence electrons. The summed E-state index contributed by atoms with van der Waals surface area (Å²) in [6, 6.07) is 28.1. The van der Waals surface area contributed by atoms with E-state index in [1.54, 1.807) is 10.4 Å². The van der Waals surface area contributed by atoms with Gasteiger partial charge in [0.2, 0.25) is 5.95 Å². The van der Waals surface area contributed by atoms with Crippen LogP contribution in [0.4, 0.5) is 5.69 Å². The first-order chi connectivity index (χ1) is 21.3. The number of thiophene rings is 1. The van der Waals surface area contributed by atoms with Crippen molar-refractivity contribution < 1.29 is 0 Å². The van der Waals surface area contributed by atoms with Crippen LogP contribution in [0.2, 0.25) is 13.1 Å². The van der Waals surface area contributed by atoms with Gasteiger partial charge in [0.1, 0.15) is 19.7 Å². The highest BCUT2D eigenvalue weighted by atomic mass is 32.2. The molecule has 4 aromatic carbocycles. The van der Waals surface area contributed by atoms with E-state index in [1.165, 1.54) is 64.0 Å². The van der Waals surface area contributed by atoms with Crippen molar-refractivity contribution in [3.8, 4) is 16.4 Å². The lowest BCUT2D eigenvalue weighted by Gasteiger charge is -2.22. The Hall–Kier alpha value is -3.98. The van der Waals surface area contributed by atoms with E-state index >= 15 is 0 Å². The predicted molar refractivity (Wildman–Crippen MR) is 187 cm³/mol. The van der Waals surface area contributed by atoms with Gasteiger partial charge in [-0.2, -0.15) is 9.97 Å². The molecule has 3 aromatic heterocycles. The van der Waals surface area contributed by atoms with Crippen molar-refractivity contribution in [3.05, 3.63) is 95.6 Å². The van der Waals surface area contributed by atoms with E-state index in [1.807, 2.05) is 36.9 Å². The van der Waals surface area contributed by atoms with Crippen LogP contribution in [-0.4, -0.2) is 34.6 Å². The van der Waals surface area contributed by atoms with Crippen LogP contribution in [0.25, 0.3) is 48.3 Å². The highest BCUT2D eigenvalue weighted by molar-refractivity contribution is 8.00. The predicted octanol–water partition coefficient (Wildman–Crippen LogP) is 7.94. The number of benzene rings is 4. The van der Waals surface area contributed by atoms with Crippen LogP contribution < -0.4 is 15.3 Å². The Kier molecular flexibility index (Phi) is 4.83. The second-order valence-corrected chi connectivity index (χ2v) is 19.5. The molecule has 0 saturated carbocycles. The molecular formula is C36H29N5S2Si. The Morgan fingerprint density at radius 2 is 1.50 bits per heavy atom. The lowest BCUT2D eigenvalue weighted by Crippen LogP contribution is -2.49. The quantitative estimate of drug-likeness (QED) is 0.174. The Balaban J connectivity index is 1.29. The Morgan fingerprint density at radius 1 is 0.773 bits per heavy atom. The number of aryl methyl sites for hydroxylation is 2. The minimum absolute atomic E-state index is 0.326. The average molecular weight is 624 g/mol. The van der Waals surface area contributed by atoms with Crippen molar-refractivity contribution >= 4 is 79.1 Å². The number of para-hydroxylation sites is 1. The first-order valence-electron chi connectivity index (χ1n) is 15.2. The van der Waals surface area contributed by atoms with E-state index in [-0.39, 0.29) is 0 Å². The van der Waals surface area contributed by atoms with Gasteiger partial charge in [-0.3, -0.25) is 4.57 Å². The maximum Gasteiger partial charge on any atom is 0.238 e. The van der Waals surface area contributed by atoms with Crippen molar-refractivity contribution in [2.24, 2.45) is 0 Å². The number of likely N-dealkylation sites (N-methyl/N-ethyl adjacent to an activating group) is 1. The van der Waals surface area contributed by atoms with Crippen molar-refractivity contribution in [2.75, 3.05) is 11.9 Å². The van der Waals surface area contributed by atoms with Crippen LogP contribution in [0.1, 0.15) is 34.1 Å². The smallest absolute Gasteiger partial charge is 0.238 e. The number of anilines is 1. The van der Waals surface area contributed by atoms with E-state index in [0.29, 0.717) is 17.2 Å². The zero-order valence-electron chi connectivity index (χ0n) is 25.1. The van der Waals surface area contributed by atoms with Gasteiger partial charge in [0.05, 0.1) is 22.3 Å². The third kappa shape index (κ3) is 3.08. The minimum Gasteiger partial charge on any atom is -0.366 e. The molecule has 7 aromatic rings. The van der Waals surface area contributed by atoms with E-state index in [4.69, 9.17) is 9.97 Å². The normalized spacial score (nSPS) is 19.1. The van der Waals surface area contributed by atoms with Crippen molar-refractivity contribution in [1.29, 1.82) is 0 Å². The van der Waals surface area contributed by atoms with Gasteiger partial charge in [-0.1, -0.05) is 55.6 Å². The number of thioether (sulfide) groups is 1. The van der Waals surface area contributed by atoms with Crippen molar-refractivity contribution in [1.82, 2.24) is 19.5 Å². The summed E-state index contributed by atoms with van der Waals surface area (Å²) in [4.78, 5) is 19.6. The second-order valence-electron chi connectivity index (χ2n) is 13.0. The maximum absolute atomic E-state index is 4.89. The number of hydrogen-bond acceptors (Lipinski definition) is 6. The first kappa shape index (κ1) is 25.4. The molecule has 0 spiro atoms. The third-order valence-corrected chi connectivity index (χ3v) is 16.4. The van der Waals surface area contributed by atoms with Crippen LogP contribution in [0.3, 0.4) is 0 Å². The lowest BCUT2D eigenvalue weighted by atomic mass is 10.00. The molecule has 0 saturated heterocycles. The van der Waals surface area contributed by atoms with Crippen LogP contribution in [0.15, 0.2) is 77.7 Å². The molecule has 10 rings (SSSR count). The number of aromatic nitrogens is 4. The molecule has 0 radical (unpaired) electrons. The van der Waals surface area contributed by atoms with Gasteiger partial charge < -0.3 is 4.90 Å². The molecule has 5 nitrogen and oxygen atoms in total. The van der Waals surface area contributed by atoms with E-state index in [0.717, 1.165) is 11.6 Å². The summed E-state index contributed by atoms with van der Waals surface area (Å²) in [6.45, 7) is 8.96. The van der Waals surface area contributed by atoms with E-state index in [2.05, 4.69) is 107 Å². The van der Waals surface area contributed by atoms with Crippen LogP contribution in [0.5, 0.6) is 0 Å².